The van der Waals surface area contributed by atoms with E-state index in [4.69, 9.17) is 0 Å². The SMILES string of the molecule is C1CSP(SCCSP2SCCS2)S1. The van der Waals surface area contributed by atoms with Crippen molar-refractivity contribution in [2.75, 3.05) is 34.5 Å². The van der Waals surface area contributed by atoms with E-state index < -0.39 is 0 Å². The summed E-state index contributed by atoms with van der Waals surface area (Å²) in [5, 5.41) is 0. The third-order valence-electron chi connectivity index (χ3n) is 1.43. The highest BCUT2D eigenvalue weighted by Gasteiger charge is 2.18. The molecule has 14 heavy (non-hydrogen) atoms. The van der Waals surface area contributed by atoms with Crippen LogP contribution in [0, 0.1) is 0 Å². The van der Waals surface area contributed by atoms with Crippen LogP contribution in [0.15, 0.2) is 0 Å². The minimum atomic E-state index is 0.261. The predicted molar refractivity (Wildman–Crippen MR) is 88.6 cm³/mol. The first-order chi connectivity index (χ1) is 6.95. The van der Waals surface area contributed by atoms with E-state index in [1.165, 1.54) is 34.5 Å². The van der Waals surface area contributed by atoms with Gasteiger partial charge in [0.15, 0.2) is 0 Å². The highest BCUT2D eigenvalue weighted by Crippen LogP contribution is 2.76. The van der Waals surface area contributed by atoms with Crippen molar-refractivity contribution in [3.05, 3.63) is 0 Å². The lowest BCUT2D eigenvalue weighted by Gasteiger charge is -2.08. The molecule has 0 aromatic heterocycles. The van der Waals surface area contributed by atoms with Gasteiger partial charge in [0.1, 0.15) is 0 Å². The van der Waals surface area contributed by atoms with Crippen LogP contribution in [0.5, 0.6) is 0 Å². The van der Waals surface area contributed by atoms with Crippen molar-refractivity contribution in [2.24, 2.45) is 0 Å². The van der Waals surface area contributed by atoms with Gasteiger partial charge in [-0.15, -0.1) is 68.3 Å². The molecule has 0 amide bonds. The summed E-state index contributed by atoms with van der Waals surface area (Å²) >= 11 is 13.3. The van der Waals surface area contributed by atoms with Gasteiger partial charge in [0.25, 0.3) is 0 Å². The van der Waals surface area contributed by atoms with Crippen molar-refractivity contribution in [2.45, 2.75) is 0 Å². The summed E-state index contributed by atoms with van der Waals surface area (Å²) in [4.78, 5) is 0. The molecule has 0 bridgehead atoms. The normalized spacial score (nSPS) is 24.9. The van der Waals surface area contributed by atoms with Crippen LogP contribution in [0.4, 0.5) is 0 Å². The van der Waals surface area contributed by atoms with E-state index in [-0.39, 0.29) is 11.1 Å². The largest absolute Gasteiger partial charge is 0.111 e. The third-order valence-corrected chi connectivity index (χ3v) is 24.3. The zero-order valence-electron chi connectivity index (χ0n) is 7.59. The Labute approximate surface area is 113 Å². The lowest BCUT2D eigenvalue weighted by molar-refractivity contribution is 1.58. The summed E-state index contributed by atoms with van der Waals surface area (Å²) in [5.74, 6) is 8.36. The van der Waals surface area contributed by atoms with Gasteiger partial charge in [0.05, 0.1) is 11.1 Å². The summed E-state index contributed by atoms with van der Waals surface area (Å²) in [6, 6.07) is 0. The van der Waals surface area contributed by atoms with Gasteiger partial charge in [0, 0.05) is 34.5 Å². The van der Waals surface area contributed by atoms with Crippen LogP contribution in [0.2, 0.25) is 0 Å². The first kappa shape index (κ1) is 13.4. The van der Waals surface area contributed by atoms with Gasteiger partial charge in [-0.3, -0.25) is 0 Å². The molecule has 0 aliphatic carbocycles. The van der Waals surface area contributed by atoms with E-state index in [1.54, 1.807) is 0 Å². The molecule has 0 aromatic carbocycles. The van der Waals surface area contributed by atoms with E-state index >= 15 is 0 Å². The Morgan fingerprint density at radius 1 is 0.714 bits per heavy atom. The molecule has 2 aliphatic heterocycles. The van der Waals surface area contributed by atoms with Crippen molar-refractivity contribution in [3.63, 3.8) is 0 Å². The molecule has 0 nitrogen and oxygen atoms in total. The summed E-state index contributed by atoms with van der Waals surface area (Å²) in [5.41, 5.74) is 0.523. The Balaban J connectivity index is 1.46. The second-order valence-electron chi connectivity index (χ2n) is 2.45. The Hall–Kier alpha value is 2.96. The van der Waals surface area contributed by atoms with E-state index in [9.17, 15) is 0 Å². The van der Waals surface area contributed by atoms with Crippen molar-refractivity contribution >= 4 is 79.3 Å². The predicted octanol–water partition coefficient (Wildman–Crippen LogP) is 5.87. The lowest BCUT2D eigenvalue weighted by Crippen LogP contribution is -1.76. The summed E-state index contributed by atoms with van der Waals surface area (Å²) in [6.45, 7) is 0. The highest BCUT2D eigenvalue weighted by atomic mass is 33.4. The lowest BCUT2D eigenvalue weighted by atomic mass is 11.0. The van der Waals surface area contributed by atoms with Crippen LogP contribution in [-0.4, -0.2) is 34.5 Å². The van der Waals surface area contributed by atoms with Crippen molar-refractivity contribution in [3.8, 4) is 0 Å². The fourth-order valence-electron chi connectivity index (χ4n) is 0.894. The number of hydrogen-bond donors (Lipinski definition) is 0. The van der Waals surface area contributed by atoms with Crippen LogP contribution in [0.3, 0.4) is 0 Å². The highest BCUT2D eigenvalue weighted by molar-refractivity contribution is 9.14. The second kappa shape index (κ2) is 8.13. The Kier molecular flexibility index (Phi) is 7.78. The summed E-state index contributed by atoms with van der Waals surface area (Å²) in [6.07, 6.45) is 0. The van der Waals surface area contributed by atoms with Gasteiger partial charge in [-0.05, 0) is 0 Å². The maximum Gasteiger partial charge on any atom is 0.0730 e. The number of rotatable bonds is 5. The quantitative estimate of drug-likeness (QED) is 0.451. The van der Waals surface area contributed by atoms with Crippen molar-refractivity contribution in [1.29, 1.82) is 0 Å². The molecule has 82 valence electrons. The standard InChI is InChI=1S/C6H12P2S6/c1-2-10-7(9-1)13-5-6-14-8-11-3-4-12-8/h1-6H2. The van der Waals surface area contributed by atoms with E-state index in [2.05, 4.69) is 68.3 Å². The van der Waals surface area contributed by atoms with Gasteiger partial charge in [0.2, 0.25) is 0 Å². The van der Waals surface area contributed by atoms with Gasteiger partial charge in [-0.25, -0.2) is 0 Å². The smallest absolute Gasteiger partial charge is 0.0730 e. The Bertz CT molecular complexity index is 140. The molecule has 2 rings (SSSR count). The minimum absolute atomic E-state index is 0.261. The molecule has 2 aliphatic rings. The van der Waals surface area contributed by atoms with Crippen LogP contribution >= 0.6 is 79.3 Å². The molecule has 0 unspecified atom stereocenters. The first-order valence-corrected chi connectivity index (χ1v) is 16.6. The first-order valence-electron chi connectivity index (χ1n) is 4.33. The van der Waals surface area contributed by atoms with Crippen LogP contribution in [0.25, 0.3) is 0 Å². The van der Waals surface area contributed by atoms with Gasteiger partial charge >= 0.3 is 0 Å². The zero-order chi connectivity index (χ0) is 9.64. The average Bonchev–Trinajstić information content (AvgIpc) is 2.86. The third kappa shape index (κ3) is 5.08. The maximum absolute atomic E-state index is 2.23. The molecular weight excluding hydrogens is 326 g/mol. The molecule has 2 fully saturated rings. The number of hydrogen-bond acceptors (Lipinski definition) is 6. The van der Waals surface area contributed by atoms with Crippen LogP contribution < -0.4 is 0 Å². The van der Waals surface area contributed by atoms with Gasteiger partial charge < -0.3 is 0 Å². The van der Waals surface area contributed by atoms with Crippen molar-refractivity contribution < 1.29 is 0 Å². The van der Waals surface area contributed by atoms with Crippen molar-refractivity contribution in [1.82, 2.24) is 0 Å². The Morgan fingerprint density at radius 3 is 1.43 bits per heavy atom. The molecule has 0 spiro atoms. The van der Waals surface area contributed by atoms with Crippen LogP contribution in [-0.2, 0) is 0 Å². The fourth-order valence-corrected chi connectivity index (χ4v) is 24.1. The van der Waals surface area contributed by atoms with Crippen LogP contribution in [0.1, 0.15) is 0 Å². The van der Waals surface area contributed by atoms with Gasteiger partial charge in [-0.2, -0.15) is 0 Å². The van der Waals surface area contributed by atoms with Gasteiger partial charge in [-0.1, -0.05) is 0 Å². The molecule has 0 atom stereocenters. The molecule has 0 saturated carbocycles. The molecule has 2 saturated heterocycles. The van der Waals surface area contributed by atoms with E-state index in [0.29, 0.717) is 0 Å². The van der Waals surface area contributed by atoms with E-state index in [0.717, 1.165) is 0 Å². The molecule has 0 N–H and O–H groups in total. The summed E-state index contributed by atoms with van der Waals surface area (Å²) < 4.78 is 0. The molecule has 0 radical (unpaired) electrons. The minimum Gasteiger partial charge on any atom is -0.111 e. The monoisotopic (exact) mass is 338 g/mol. The second-order valence-corrected chi connectivity index (χ2v) is 22.7. The molecule has 2 heterocycles. The molecular formula is C6H12P2S6. The van der Waals surface area contributed by atoms with E-state index in [1.807, 2.05) is 0 Å². The molecule has 0 aromatic rings. The average molecular weight is 339 g/mol. The topological polar surface area (TPSA) is 0 Å². The fraction of sp³-hybridized carbons (Fsp3) is 1.00. The summed E-state index contributed by atoms with van der Waals surface area (Å²) in [7, 11) is 0. The molecule has 8 heteroatoms. The Morgan fingerprint density at radius 2 is 1.07 bits per heavy atom. The maximum atomic E-state index is 2.23. The zero-order valence-corrected chi connectivity index (χ0v) is 14.3.